The maximum Gasteiger partial charge on any atom is 0.410 e. The molecule has 2 fully saturated rings. The number of hydrogen-bond donors (Lipinski definition) is 0. The van der Waals surface area contributed by atoms with Crippen LogP contribution in [0.5, 0.6) is 0 Å². The van der Waals surface area contributed by atoms with E-state index in [1.165, 1.54) is 0 Å². The molecule has 3 nitrogen and oxygen atoms in total. The number of halogens is 10. The molecule has 0 aromatic rings. The molecule has 0 aliphatic carbocycles. The average molecular weight is 514 g/mol. The Morgan fingerprint density at radius 3 is 1.68 bits per heavy atom. The minimum absolute atomic E-state index is 0.163. The predicted molar refractivity (Wildman–Crippen MR) is 105 cm³/mol. The van der Waals surface area contributed by atoms with Gasteiger partial charge in [0.1, 0.15) is 0 Å². The fraction of sp³-hybridized carbons (Fsp3) is 0.810. The van der Waals surface area contributed by atoms with Crippen molar-refractivity contribution in [3.05, 3.63) is 24.3 Å². The monoisotopic (exact) mass is 514 g/mol. The van der Waals surface area contributed by atoms with Crippen LogP contribution in [-0.4, -0.2) is 85.5 Å². The van der Waals surface area contributed by atoms with Gasteiger partial charge in [0.25, 0.3) is 11.8 Å². The maximum absolute atomic E-state index is 15.2. The number of ether oxygens (including phenoxy) is 1. The molecule has 3 unspecified atom stereocenters. The zero-order valence-corrected chi connectivity index (χ0v) is 18.6. The molecule has 0 N–H and O–H groups in total. The zero-order valence-electron chi connectivity index (χ0n) is 18.6. The van der Waals surface area contributed by atoms with Crippen molar-refractivity contribution in [2.45, 2.75) is 62.5 Å². The molecule has 2 saturated heterocycles. The number of likely N-dealkylation sites (tertiary alicyclic amines) is 1. The summed E-state index contributed by atoms with van der Waals surface area (Å²) in [5, 5.41) is 0. The van der Waals surface area contributed by atoms with Crippen molar-refractivity contribution >= 4 is 0 Å². The van der Waals surface area contributed by atoms with Crippen molar-refractivity contribution in [1.29, 1.82) is 0 Å². The van der Waals surface area contributed by atoms with Gasteiger partial charge < -0.3 is 4.74 Å². The Bertz CT molecular complexity index is 728. The van der Waals surface area contributed by atoms with Crippen molar-refractivity contribution in [3.8, 4) is 0 Å². The van der Waals surface area contributed by atoms with Crippen molar-refractivity contribution in [3.63, 3.8) is 0 Å². The molecule has 2 aliphatic rings. The largest absolute Gasteiger partial charge is 0.410 e. The molecule has 0 radical (unpaired) electrons. The smallest absolute Gasteiger partial charge is 0.379 e. The molecule has 34 heavy (non-hydrogen) atoms. The lowest BCUT2D eigenvalue weighted by Crippen LogP contribution is -2.60. The first-order valence-corrected chi connectivity index (χ1v) is 10.7. The number of hydrogen-bond acceptors (Lipinski definition) is 3. The summed E-state index contributed by atoms with van der Waals surface area (Å²) in [5.74, 6) is -10.1. The number of alkyl halides is 10. The molecule has 0 aromatic heterocycles. The average Bonchev–Trinajstić information content (AvgIpc) is 2.91. The molecule has 0 bridgehead atoms. The van der Waals surface area contributed by atoms with Crippen LogP contribution in [0.25, 0.3) is 0 Å². The van der Waals surface area contributed by atoms with Gasteiger partial charge in [-0.3, -0.25) is 9.80 Å². The third-order valence-corrected chi connectivity index (χ3v) is 6.34. The standard InChI is InChI=1S/C21H28F10N2O/c1-13(2)18(22,23)16(20(26,27)28)32-7-4-5-15(6-8-32)14(3)19(24,25)17(21(29,30)31)33-9-11-34-12-10-33/h15-17H,1,3-12H2,2H3. The lowest BCUT2D eigenvalue weighted by Gasteiger charge is -2.41. The third kappa shape index (κ3) is 6.26. The normalized spacial score (nSPS) is 24.4. The van der Waals surface area contributed by atoms with Crippen LogP contribution in [0.3, 0.4) is 0 Å². The van der Waals surface area contributed by atoms with Crippen molar-refractivity contribution in [1.82, 2.24) is 9.80 Å². The molecule has 0 saturated carbocycles. The summed E-state index contributed by atoms with van der Waals surface area (Å²) in [5.41, 5.74) is -2.07. The highest BCUT2D eigenvalue weighted by Crippen LogP contribution is 2.46. The molecule has 13 heteroatoms. The Kier molecular flexibility index (Phi) is 8.78. The lowest BCUT2D eigenvalue weighted by atomic mass is 9.85. The van der Waals surface area contributed by atoms with Gasteiger partial charge in [-0.1, -0.05) is 13.2 Å². The molecule has 0 amide bonds. The summed E-state index contributed by atoms with van der Waals surface area (Å²) in [7, 11) is 0. The minimum atomic E-state index is -5.35. The minimum Gasteiger partial charge on any atom is -0.379 e. The van der Waals surface area contributed by atoms with E-state index in [1.54, 1.807) is 0 Å². The SMILES string of the molecule is C=C(C)C(F)(F)C(N1CCCC(C(=C)C(F)(F)C(N2CCOCC2)C(F)(F)F)CC1)C(F)(F)F. The molecule has 2 aliphatic heterocycles. The second kappa shape index (κ2) is 10.3. The van der Waals surface area contributed by atoms with Gasteiger partial charge in [0, 0.05) is 13.1 Å². The van der Waals surface area contributed by atoms with Crippen LogP contribution in [0.1, 0.15) is 26.2 Å². The lowest BCUT2D eigenvalue weighted by molar-refractivity contribution is -0.245. The Balaban J connectivity index is 2.25. The fourth-order valence-corrected chi connectivity index (χ4v) is 4.53. The van der Waals surface area contributed by atoms with E-state index in [9.17, 15) is 35.1 Å². The van der Waals surface area contributed by atoms with E-state index in [2.05, 4.69) is 13.2 Å². The molecule has 2 heterocycles. The first-order valence-electron chi connectivity index (χ1n) is 10.7. The van der Waals surface area contributed by atoms with Gasteiger partial charge in [-0.2, -0.15) is 43.9 Å². The first-order chi connectivity index (χ1) is 15.4. The Morgan fingerprint density at radius 2 is 1.21 bits per heavy atom. The van der Waals surface area contributed by atoms with E-state index in [1.807, 2.05) is 0 Å². The van der Waals surface area contributed by atoms with E-state index >= 15 is 8.78 Å². The quantitative estimate of drug-likeness (QED) is 0.321. The van der Waals surface area contributed by atoms with E-state index in [0.29, 0.717) is 9.80 Å². The molecule has 3 atom stereocenters. The highest BCUT2D eigenvalue weighted by atomic mass is 19.4. The molecular formula is C21H28F10N2O. The molecule has 198 valence electrons. The van der Waals surface area contributed by atoms with Crippen LogP contribution in [0.4, 0.5) is 43.9 Å². The second-order valence-electron chi connectivity index (χ2n) is 8.75. The van der Waals surface area contributed by atoms with Gasteiger partial charge >= 0.3 is 12.4 Å². The highest BCUT2D eigenvalue weighted by Gasteiger charge is 2.62. The summed E-state index contributed by atoms with van der Waals surface area (Å²) in [6.45, 7) is 4.65. The van der Waals surface area contributed by atoms with Crippen LogP contribution < -0.4 is 0 Å². The predicted octanol–water partition coefficient (Wildman–Crippen LogP) is 5.69. The first kappa shape index (κ1) is 28.9. The van der Waals surface area contributed by atoms with Gasteiger partial charge in [0.2, 0.25) is 0 Å². The second-order valence-corrected chi connectivity index (χ2v) is 8.75. The number of nitrogens with zero attached hydrogens (tertiary/aromatic N) is 2. The van der Waals surface area contributed by atoms with Gasteiger partial charge in [0.15, 0.2) is 12.1 Å². The zero-order chi connectivity index (χ0) is 26.1. The Morgan fingerprint density at radius 1 is 0.735 bits per heavy atom. The molecule has 0 aromatic carbocycles. The van der Waals surface area contributed by atoms with Crippen molar-refractivity contribution in [2.24, 2.45) is 5.92 Å². The number of rotatable bonds is 7. The highest BCUT2D eigenvalue weighted by molar-refractivity contribution is 5.19. The van der Waals surface area contributed by atoms with Crippen LogP contribution in [0, 0.1) is 5.92 Å². The molecule has 2 rings (SSSR count). The van der Waals surface area contributed by atoms with Gasteiger partial charge in [-0.05, 0) is 56.3 Å². The molecular weight excluding hydrogens is 486 g/mol. The third-order valence-electron chi connectivity index (χ3n) is 6.34. The van der Waals surface area contributed by atoms with Crippen molar-refractivity contribution < 1.29 is 48.6 Å². The van der Waals surface area contributed by atoms with E-state index in [4.69, 9.17) is 4.74 Å². The van der Waals surface area contributed by atoms with Crippen LogP contribution in [-0.2, 0) is 4.74 Å². The maximum atomic E-state index is 15.2. The van der Waals surface area contributed by atoms with E-state index < -0.39 is 72.9 Å². The molecule has 0 spiro atoms. The van der Waals surface area contributed by atoms with E-state index in [0.717, 1.165) is 6.92 Å². The van der Waals surface area contributed by atoms with E-state index in [-0.39, 0.29) is 39.1 Å². The van der Waals surface area contributed by atoms with Crippen LogP contribution in [0.2, 0.25) is 0 Å². The Labute approximate surface area is 191 Å². The van der Waals surface area contributed by atoms with Crippen molar-refractivity contribution in [2.75, 3.05) is 39.4 Å². The van der Waals surface area contributed by atoms with Gasteiger partial charge in [-0.25, -0.2) is 0 Å². The summed E-state index contributed by atoms with van der Waals surface area (Å²) in [4.78, 5) is 1.01. The Hall–Kier alpha value is -1.34. The summed E-state index contributed by atoms with van der Waals surface area (Å²) < 4.78 is 146. The summed E-state index contributed by atoms with van der Waals surface area (Å²) >= 11 is 0. The topological polar surface area (TPSA) is 15.7 Å². The van der Waals surface area contributed by atoms with Crippen LogP contribution >= 0.6 is 0 Å². The van der Waals surface area contributed by atoms with Crippen LogP contribution in [0.15, 0.2) is 24.3 Å². The van der Waals surface area contributed by atoms with Gasteiger partial charge in [0.05, 0.1) is 13.2 Å². The van der Waals surface area contributed by atoms with Gasteiger partial charge in [-0.15, -0.1) is 0 Å². The number of morpholine rings is 1. The summed E-state index contributed by atoms with van der Waals surface area (Å²) in [6.07, 6.45) is -11.5. The summed E-state index contributed by atoms with van der Waals surface area (Å²) in [6, 6.07) is -6.40. The fourth-order valence-electron chi connectivity index (χ4n) is 4.53.